The molecule has 0 spiro atoms. The Morgan fingerprint density at radius 3 is 2.54 bits per heavy atom. The Labute approximate surface area is 218 Å². The van der Waals surface area contributed by atoms with Gasteiger partial charge in [0.25, 0.3) is 0 Å². The second kappa shape index (κ2) is 10.1. The number of nitrogen functional groups attached to an aromatic ring is 1. The fraction of sp³-hybridized carbons (Fsp3) is 0.107. The highest BCUT2D eigenvalue weighted by molar-refractivity contribution is 5.92. The Balaban J connectivity index is 1.46. The molecule has 0 fully saturated rings. The van der Waals surface area contributed by atoms with Crippen molar-refractivity contribution in [2.45, 2.75) is 19.6 Å². The number of aromatic nitrogens is 2. The number of amides is 1. The summed E-state index contributed by atoms with van der Waals surface area (Å²) in [5.41, 5.74) is 6.18. The monoisotopic (exact) mass is 536 g/mol. The zero-order chi connectivity index (χ0) is 27.7. The van der Waals surface area contributed by atoms with E-state index in [2.05, 4.69) is 15.5 Å². The van der Waals surface area contributed by atoms with Gasteiger partial charge in [0.05, 0.1) is 23.4 Å². The molecule has 7 nitrogen and oxygen atoms in total. The minimum absolute atomic E-state index is 0.129. The molecule has 0 atom stereocenters. The number of alkyl halides is 3. The third kappa shape index (κ3) is 5.52. The van der Waals surface area contributed by atoms with E-state index < -0.39 is 23.5 Å². The van der Waals surface area contributed by atoms with Gasteiger partial charge in [-0.25, -0.2) is 9.37 Å². The normalized spacial score (nSPS) is 11.9. The SMILES string of the molecule is Cc1noc(-c2ccc(F)cc2)c1-c1cc(C(F)(F)F)c2oc(CNC(=O)/C=C/c3ccc(N)nc3)cc2c1. The number of rotatable bonds is 6. The van der Waals surface area contributed by atoms with E-state index >= 15 is 0 Å². The number of pyridine rings is 1. The fourth-order valence-electron chi connectivity index (χ4n) is 4.08. The van der Waals surface area contributed by atoms with Gasteiger partial charge in [-0.1, -0.05) is 5.16 Å². The van der Waals surface area contributed by atoms with E-state index in [-0.39, 0.29) is 34.6 Å². The highest BCUT2D eigenvalue weighted by Gasteiger charge is 2.36. The fourth-order valence-corrected chi connectivity index (χ4v) is 4.08. The quantitative estimate of drug-likeness (QED) is 0.189. The van der Waals surface area contributed by atoms with Crippen LogP contribution in [0.4, 0.5) is 23.4 Å². The third-order valence-electron chi connectivity index (χ3n) is 5.90. The van der Waals surface area contributed by atoms with Crippen LogP contribution in [-0.2, 0) is 17.5 Å². The molecule has 0 aliphatic heterocycles. The Morgan fingerprint density at radius 2 is 1.85 bits per heavy atom. The summed E-state index contributed by atoms with van der Waals surface area (Å²) in [6.07, 6.45) is -0.452. The summed E-state index contributed by atoms with van der Waals surface area (Å²) in [4.78, 5) is 16.2. The molecule has 3 N–H and O–H groups in total. The maximum atomic E-state index is 14.1. The summed E-state index contributed by atoms with van der Waals surface area (Å²) in [5, 5.41) is 6.69. The Hall–Kier alpha value is -4.93. The zero-order valence-corrected chi connectivity index (χ0v) is 20.3. The van der Waals surface area contributed by atoms with E-state index in [1.807, 2.05) is 0 Å². The number of halogens is 4. The first-order chi connectivity index (χ1) is 18.6. The van der Waals surface area contributed by atoms with Crippen molar-refractivity contribution in [3.05, 3.63) is 95.3 Å². The minimum atomic E-state index is -4.73. The maximum absolute atomic E-state index is 14.1. The van der Waals surface area contributed by atoms with Gasteiger partial charge in [0.15, 0.2) is 5.76 Å². The molecule has 2 aromatic carbocycles. The second-order valence-electron chi connectivity index (χ2n) is 8.70. The predicted molar refractivity (Wildman–Crippen MR) is 136 cm³/mol. The Kier molecular flexibility index (Phi) is 6.65. The summed E-state index contributed by atoms with van der Waals surface area (Å²) in [5.74, 6) is -0.265. The Morgan fingerprint density at radius 1 is 1.08 bits per heavy atom. The molecule has 0 aliphatic carbocycles. The number of furan rings is 1. The number of fused-ring (bicyclic) bond motifs is 1. The number of nitrogens with two attached hydrogens (primary N) is 1. The van der Waals surface area contributed by atoms with E-state index in [1.54, 1.807) is 19.1 Å². The van der Waals surface area contributed by atoms with Crippen LogP contribution in [0.15, 0.2) is 75.8 Å². The van der Waals surface area contributed by atoms with Crippen molar-refractivity contribution in [1.82, 2.24) is 15.5 Å². The van der Waals surface area contributed by atoms with Gasteiger partial charge in [-0.05, 0) is 78.7 Å². The van der Waals surface area contributed by atoms with Crippen LogP contribution >= 0.6 is 0 Å². The maximum Gasteiger partial charge on any atom is 0.420 e. The molecule has 3 heterocycles. The minimum Gasteiger partial charge on any atom is -0.459 e. The van der Waals surface area contributed by atoms with E-state index in [9.17, 15) is 22.4 Å². The lowest BCUT2D eigenvalue weighted by Crippen LogP contribution is -2.19. The average Bonchev–Trinajstić information content (AvgIpc) is 3.49. The number of aryl methyl sites for hydroxylation is 1. The molecule has 0 saturated heterocycles. The van der Waals surface area contributed by atoms with Crippen molar-refractivity contribution in [3.63, 3.8) is 0 Å². The average molecular weight is 536 g/mol. The van der Waals surface area contributed by atoms with E-state index in [4.69, 9.17) is 14.7 Å². The van der Waals surface area contributed by atoms with Gasteiger partial charge in [0.1, 0.15) is 23.0 Å². The largest absolute Gasteiger partial charge is 0.459 e. The lowest BCUT2D eigenvalue weighted by Gasteiger charge is -2.10. The van der Waals surface area contributed by atoms with Gasteiger partial charge in [0.2, 0.25) is 5.91 Å². The molecule has 0 bridgehead atoms. The van der Waals surface area contributed by atoms with E-state index in [1.165, 1.54) is 54.7 Å². The van der Waals surface area contributed by atoms with Gasteiger partial charge in [-0.3, -0.25) is 4.79 Å². The van der Waals surface area contributed by atoms with Crippen LogP contribution in [0.5, 0.6) is 0 Å². The van der Waals surface area contributed by atoms with Gasteiger partial charge < -0.3 is 20.0 Å². The van der Waals surface area contributed by atoms with Crippen LogP contribution in [0.25, 0.3) is 39.5 Å². The van der Waals surface area contributed by atoms with Crippen LogP contribution in [0.2, 0.25) is 0 Å². The zero-order valence-electron chi connectivity index (χ0n) is 20.3. The lowest BCUT2D eigenvalue weighted by atomic mass is 9.96. The first-order valence-corrected chi connectivity index (χ1v) is 11.6. The topological polar surface area (TPSA) is 107 Å². The summed E-state index contributed by atoms with van der Waals surface area (Å²) in [7, 11) is 0. The molecular weight excluding hydrogens is 516 g/mol. The van der Waals surface area contributed by atoms with Crippen LogP contribution in [0.3, 0.4) is 0 Å². The van der Waals surface area contributed by atoms with Crippen molar-refractivity contribution in [2.24, 2.45) is 0 Å². The molecule has 5 rings (SSSR count). The number of hydrogen-bond acceptors (Lipinski definition) is 6. The van der Waals surface area contributed by atoms with Crippen molar-refractivity contribution in [3.8, 4) is 22.5 Å². The molecule has 0 saturated carbocycles. The van der Waals surface area contributed by atoms with Crippen molar-refractivity contribution in [2.75, 3.05) is 5.73 Å². The number of nitrogens with zero attached hydrogens (tertiary/aromatic N) is 2. The smallest absolute Gasteiger partial charge is 0.420 e. The van der Waals surface area contributed by atoms with Gasteiger partial charge >= 0.3 is 6.18 Å². The van der Waals surface area contributed by atoms with Gasteiger partial charge in [-0.2, -0.15) is 13.2 Å². The van der Waals surface area contributed by atoms with Crippen molar-refractivity contribution >= 4 is 28.8 Å². The summed E-state index contributed by atoms with van der Waals surface area (Å²) in [6, 6.07) is 12.5. The molecule has 1 amide bonds. The van der Waals surface area contributed by atoms with Crippen LogP contribution in [-0.4, -0.2) is 16.0 Å². The number of carbonyl (C=O) groups is 1. The number of nitrogens with one attached hydrogen (secondary N) is 1. The first-order valence-electron chi connectivity index (χ1n) is 11.6. The molecule has 11 heteroatoms. The van der Waals surface area contributed by atoms with Crippen molar-refractivity contribution in [1.29, 1.82) is 0 Å². The number of hydrogen-bond donors (Lipinski definition) is 2. The van der Waals surface area contributed by atoms with E-state index in [0.717, 1.165) is 6.07 Å². The van der Waals surface area contributed by atoms with Gasteiger partial charge in [-0.15, -0.1) is 0 Å². The highest BCUT2D eigenvalue weighted by atomic mass is 19.4. The lowest BCUT2D eigenvalue weighted by molar-refractivity contribution is -0.136. The third-order valence-corrected chi connectivity index (χ3v) is 5.90. The standard InChI is InChI=1S/C28H20F4N4O3/c1-15-25(27(39-36-15)17-4-6-20(29)7-5-17)18-10-19-11-21(38-26(19)22(12-18)28(30,31)32)14-35-24(37)9-3-16-2-8-23(33)34-13-16/h2-13H,14H2,1H3,(H2,33,34)(H,35,37)/b9-3+. The molecule has 198 valence electrons. The first kappa shape index (κ1) is 25.7. The van der Waals surface area contributed by atoms with Crippen molar-refractivity contribution < 1.29 is 31.3 Å². The Bertz CT molecular complexity index is 1690. The molecule has 0 aliphatic rings. The second-order valence-corrected chi connectivity index (χ2v) is 8.70. The molecule has 39 heavy (non-hydrogen) atoms. The van der Waals surface area contributed by atoms with Crippen LogP contribution in [0.1, 0.15) is 22.6 Å². The van der Waals surface area contributed by atoms with Gasteiger partial charge in [0, 0.05) is 23.2 Å². The number of carbonyl (C=O) groups excluding carboxylic acids is 1. The van der Waals surface area contributed by atoms with Crippen LogP contribution < -0.4 is 11.1 Å². The van der Waals surface area contributed by atoms with E-state index in [0.29, 0.717) is 28.2 Å². The summed E-state index contributed by atoms with van der Waals surface area (Å²) in [6.45, 7) is 1.46. The molecular formula is C28H20F4N4O3. The summed E-state index contributed by atoms with van der Waals surface area (Å²) >= 11 is 0. The highest BCUT2D eigenvalue weighted by Crippen LogP contribution is 2.42. The molecule has 0 radical (unpaired) electrons. The predicted octanol–water partition coefficient (Wildman–Crippen LogP) is 6.53. The number of benzene rings is 2. The summed E-state index contributed by atoms with van der Waals surface area (Å²) < 4.78 is 66.6. The molecule has 0 unspecified atom stereocenters. The van der Waals surface area contributed by atoms with Crippen LogP contribution in [0, 0.1) is 12.7 Å². The number of anilines is 1. The molecule has 5 aromatic rings. The molecule has 3 aromatic heterocycles.